The molecule has 0 spiro atoms. The fourth-order valence-electron chi connectivity index (χ4n) is 9.62. The van der Waals surface area contributed by atoms with Crippen LogP contribution in [0.3, 0.4) is 0 Å². The minimum atomic E-state index is 0. The zero-order chi connectivity index (χ0) is 50.1. The maximum atomic E-state index is 11.1. The van der Waals surface area contributed by atoms with Gasteiger partial charge in [0.1, 0.15) is 0 Å². The molecule has 2 aromatic rings. The largest absolute Gasteiger partial charge is 2.00 e. The average Bonchev–Trinajstić information content (AvgIpc) is 3.67. The van der Waals surface area contributed by atoms with Crippen LogP contribution in [0.25, 0.3) is 16.9 Å². The summed E-state index contributed by atoms with van der Waals surface area (Å²) in [6.45, 7) is 11.2. The monoisotopic (exact) mass is 999 g/mol. The fraction of sp³-hybridized carbons (Fsp3) is 0.701. The number of allylic oxidation sites excluding steroid dienone is 2. The van der Waals surface area contributed by atoms with E-state index < -0.39 is 0 Å². The Hall–Kier alpha value is -2.87. The average molecular weight is 1000 g/mol. The van der Waals surface area contributed by atoms with Gasteiger partial charge in [-0.1, -0.05) is 270 Å². The number of nitrogens with zero attached hydrogens (tertiary/aromatic N) is 2. The first kappa shape index (κ1) is 67.1. The van der Waals surface area contributed by atoms with Crippen LogP contribution in [0.1, 0.15) is 314 Å². The van der Waals surface area contributed by atoms with Crippen molar-refractivity contribution in [2.75, 3.05) is 0 Å². The van der Waals surface area contributed by atoms with Crippen LogP contribution in [0.2, 0.25) is 0 Å². The van der Waals surface area contributed by atoms with Gasteiger partial charge in [-0.05, 0) is 93.7 Å². The molecule has 0 aliphatic carbocycles. The second kappa shape index (κ2) is 51.1. The van der Waals surface area contributed by atoms with E-state index in [1.54, 1.807) is 0 Å². The molecule has 0 atom stereocenters. The number of hydrogen-bond donors (Lipinski definition) is 0. The summed E-state index contributed by atoms with van der Waals surface area (Å²) in [5, 5.41) is 0. The van der Waals surface area contributed by atoms with Gasteiger partial charge in [0.25, 0.3) is 0 Å². The van der Waals surface area contributed by atoms with Crippen LogP contribution >= 0.6 is 0 Å². The number of aryl methyl sites for hydroxylation is 2. The predicted octanol–water partition coefficient (Wildman–Crippen LogP) is 22.4. The van der Waals surface area contributed by atoms with Crippen molar-refractivity contribution in [3.8, 4) is 11.8 Å². The van der Waals surface area contributed by atoms with Crippen LogP contribution < -0.4 is 0 Å². The van der Waals surface area contributed by atoms with E-state index in [9.17, 15) is 5.53 Å². The van der Waals surface area contributed by atoms with E-state index in [-0.39, 0.29) is 16.5 Å². The fourth-order valence-corrected chi connectivity index (χ4v) is 9.62. The van der Waals surface area contributed by atoms with E-state index in [2.05, 4.69) is 101 Å². The number of benzene rings is 2. The Morgan fingerprint density at radius 2 is 0.686 bits per heavy atom. The van der Waals surface area contributed by atoms with Crippen molar-refractivity contribution in [3.63, 3.8) is 0 Å². The molecule has 1 aliphatic heterocycles. The van der Waals surface area contributed by atoms with Gasteiger partial charge in [0.05, 0.1) is 0 Å². The Kier molecular flexibility index (Phi) is 49.0. The first-order valence-corrected chi connectivity index (χ1v) is 29.9. The topological polar surface area (TPSA) is 25.3 Å². The number of rotatable bonds is 42. The molecule has 70 heavy (non-hydrogen) atoms. The number of unbranched alkanes of at least 4 members (excludes halogenated alkanes) is 36. The third-order valence-corrected chi connectivity index (χ3v) is 14.0. The summed E-state index contributed by atoms with van der Waals surface area (Å²) in [4.78, 5) is 0. The summed E-state index contributed by atoms with van der Waals surface area (Å²) in [5.41, 5.74) is 18.9. The predicted molar refractivity (Wildman–Crippen MR) is 306 cm³/mol. The molecule has 0 unspecified atom stereocenters. The van der Waals surface area contributed by atoms with Gasteiger partial charge in [-0.15, -0.1) is 0 Å². The van der Waals surface area contributed by atoms with Gasteiger partial charge in [-0.25, -0.2) is 4.70 Å². The Morgan fingerprint density at radius 3 is 1.01 bits per heavy atom. The normalized spacial score (nSPS) is 11.8. The molecular formula is C67H108N2Ni. The molecule has 3 rings (SSSR count). The van der Waals surface area contributed by atoms with E-state index >= 15 is 0 Å². The third kappa shape index (κ3) is 37.0. The van der Waals surface area contributed by atoms with Crippen LogP contribution in [0.15, 0.2) is 60.2 Å². The zero-order valence-electron chi connectivity index (χ0n) is 46.6. The summed E-state index contributed by atoms with van der Waals surface area (Å²) in [7, 11) is 0. The quantitative estimate of drug-likeness (QED) is 0.0208. The van der Waals surface area contributed by atoms with Crippen LogP contribution in [0, 0.1) is 24.7 Å². The Morgan fingerprint density at radius 1 is 0.400 bits per heavy atom. The molecule has 0 saturated carbocycles. The Balaban J connectivity index is 0.00000107. The summed E-state index contributed by atoms with van der Waals surface area (Å²) in [6, 6.07) is 17.3. The first-order valence-electron chi connectivity index (χ1n) is 29.9. The summed E-state index contributed by atoms with van der Waals surface area (Å²) in [6.07, 6.45) is 72.0. The minimum Gasteiger partial charge on any atom is -0.694 e. The molecule has 0 saturated heterocycles. The van der Waals surface area contributed by atoms with Crippen molar-refractivity contribution in [2.24, 2.45) is 0 Å². The Bertz CT molecular complexity index is 1610. The Labute approximate surface area is 447 Å². The maximum absolute atomic E-state index is 11.1. The molecular weight excluding hydrogens is 891 g/mol. The molecule has 1 aliphatic rings. The van der Waals surface area contributed by atoms with E-state index in [1.165, 1.54) is 260 Å². The van der Waals surface area contributed by atoms with Gasteiger partial charge in [0, 0.05) is 22.8 Å². The van der Waals surface area contributed by atoms with E-state index in [4.69, 9.17) is 12.8 Å². The van der Waals surface area contributed by atoms with Crippen molar-refractivity contribution < 1.29 is 21.2 Å². The smallest absolute Gasteiger partial charge is 0.694 e. The zero-order valence-corrected chi connectivity index (χ0v) is 47.6. The molecule has 0 amide bonds. The molecule has 1 heterocycles. The molecule has 2 nitrogen and oxygen atoms in total. The maximum Gasteiger partial charge on any atom is 2.00 e. The van der Waals surface area contributed by atoms with Crippen LogP contribution in [0.4, 0.5) is 0 Å². The van der Waals surface area contributed by atoms with Gasteiger partial charge in [0.2, 0.25) is 11.4 Å². The van der Waals surface area contributed by atoms with E-state index in [0.29, 0.717) is 0 Å². The van der Waals surface area contributed by atoms with Gasteiger partial charge < -0.3 is 30.2 Å². The second-order valence-electron chi connectivity index (χ2n) is 20.6. The van der Waals surface area contributed by atoms with Crippen LogP contribution in [0.5, 0.6) is 0 Å². The van der Waals surface area contributed by atoms with Gasteiger partial charge in [0.15, 0.2) is 0 Å². The summed E-state index contributed by atoms with van der Waals surface area (Å²) >= 11 is 0. The van der Waals surface area contributed by atoms with E-state index in [1.807, 2.05) is 0 Å². The molecule has 2 aromatic carbocycles. The van der Waals surface area contributed by atoms with Crippen LogP contribution in [-0.4, -0.2) is 4.70 Å². The molecule has 3 heteroatoms. The van der Waals surface area contributed by atoms with Crippen molar-refractivity contribution in [3.05, 3.63) is 101 Å². The van der Waals surface area contributed by atoms with Crippen molar-refractivity contribution in [2.45, 2.75) is 304 Å². The minimum absolute atomic E-state index is 0. The second-order valence-corrected chi connectivity index (χ2v) is 20.6. The SMILES string of the molecule is CCCCCCc1cccc(C2=CC(C)=C(c3cccc(CCCCCC)c3)[N+]2=[N-])c1.[C-]#CCCCCCCCCCCCCCCCCC.[C-]#CCCCCCCCCCCCCCCCCC.[Ni+2]. The third-order valence-electron chi connectivity index (χ3n) is 14.0. The number of hydrogen-bond acceptors (Lipinski definition) is 0. The standard InChI is InChI=1S/C29H38N2.2C19H35.Ni/c1-4-6-8-10-14-24-16-12-18-26(21-24)28-20-23(3)29(31(28)30)27-19-13-17-25(22-27)15-11-9-7-5-2;2*1-3-5-7-9-11-13-15-17-19-18-16-14-12-10-8-6-4-2;/h12-13,16-22H,4-11,14-15H2,1-3H3;2*3,5-19H2,1H3;/q;2*-1;+2. The van der Waals surface area contributed by atoms with Gasteiger partial charge in [-0.3, -0.25) is 0 Å². The molecule has 0 aromatic heterocycles. The molecule has 396 valence electrons. The summed E-state index contributed by atoms with van der Waals surface area (Å²) in [5.74, 6) is 4.93. The van der Waals surface area contributed by atoms with Crippen molar-refractivity contribution >= 4 is 11.4 Å². The van der Waals surface area contributed by atoms with Gasteiger partial charge in [-0.2, -0.15) is 0 Å². The first-order chi connectivity index (χ1) is 34.0. The van der Waals surface area contributed by atoms with Gasteiger partial charge >= 0.3 is 16.5 Å². The molecule has 0 N–H and O–H groups in total. The van der Waals surface area contributed by atoms with Crippen molar-refractivity contribution in [1.29, 1.82) is 0 Å². The molecule has 0 fully saturated rings. The van der Waals surface area contributed by atoms with E-state index in [0.717, 1.165) is 53.8 Å². The van der Waals surface area contributed by atoms with Crippen LogP contribution in [-0.2, 0) is 29.3 Å². The molecule has 0 radical (unpaired) electrons. The van der Waals surface area contributed by atoms with Crippen molar-refractivity contribution in [1.82, 2.24) is 0 Å². The molecule has 0 bridgehead atoms. The summed E-state index contributed by atoms with van der Waals surface area (Å²) < 4.78 is 1.39.